The van der Waals surface area contributed by atoms with Crippen molar-refractivity contribution in [1.82, 2.24) is 5.32 Å². The first-order valence-corrected chi connectivity index (χ1v) is 7.92. The molecule has 1 amide bonds. The highest BCUT2D eigenvalue weighted by Crippen LogP contribution is 2.22. The van der Waals surface area contributed by atoms with Crippen LogP contribution >= 0.6 is 11.6 Å². The van der Waals surface area contributed by atoms with E-state index < -0.39 is 28.4 Å². The third-order valence-corrected chi connectivity index (χ3v) is 3.89. The number of hydrogen-bond acceptors (Lipinski definition) is 4. The van der Waals surface area contributed by atoms with Gasteiger partial charge in [-0.1, -0.05) is 23.7 Å². The zero-order valence-electron chi connectivity index (χ0n) is 13.6. The van der Waals surface area contributed by atoms with Crippen molar-refractivity contribution in [3.63, 3.8) is 0 Å². The smallest absolute Gasteiger partial charge is 0.306 e. The van der Waals surface area contributed by atoms with Gasteiger partial charge in [0.25, 0.3) is 0 Å². The molecule has 2 aromatic carbocycles. The molecule has 0 fully saturated rings. The minimum absolute atomic E-state index is 0.137. The van der Waals surface area contributed by atoms with Crippen molar-refractivity contribution in [3.05, 3.63) is 69.0 Å². The number of rotatable bonds is 6. The molecule has 2 aromatic rings. The minimum atomic E-state index is -0.955. The number of nitro benzene ring substituents is 1. The Hall–Kier alpha value is -2.51. The average Bonchev–Trinajstić information content (AvgIpc) is 2.56. The van der Waals surface area contributed by atoms with Gasteiger partial charge in [0.1, 0.15) is 0 Å². The zero-order chi connectivity index (χ0) is 18.6. The first kappa shape index (κ1) is 18.8. The van der Waals surface area contributed by atoms with E-state index >= 15 is 0 Å². The molecule has 0 unspecified atom stereocenters. The quantitative estimate of drug-likeness (QED) is 0.597. The molecule has 0 saturated carbocycles. The van der Waals surface area contributed by atoms with Gasteiger partial charge in [-0.05, 0) is 43.7 Å². The molecule has 0 saturated heterocycles. The number of nitrogens with one attached hydrogen (secondary N) is 2. The molecule has 2 N–H and O–H groups in total. The van der Waals surface area contributed by atoms with Crippen molar-refractivity contribution in [2.45, 2.75) is 25.9 Å². The summed E-state index contributed by atoms with van der Waals surface area (Å²) in [5.74, 6) is -1.35. The maximum Gasteiger partial charge on any atom is 0.306 e. The van der Waals surface area contributed by atoms with Crippen molar-refractivity contribution in [1.29, 1.82) is 0 Å². The zero-order valence-corrected chi connectivity index (χ0v) is 14.4. The van der Waals surface area contributed by atoms with E-state index in [1.165, 1.54) is 6.07 Å². The second-order valence-corrected chi connectivity index (χ2v) is 6.01. The van der Waals surface area contributed by atoms with Crippen LogP contribution in [0.3, 0.4) is 0 Å². The molecule has 25 heavy (non-hydrogen) atoms. The van der Waals surface area contributed by atoms with Gasteiger partial charge >= 0.3 is 5.69 Å². The molecular formula is C17H17ClFN3O3. The summed E-state index contributed by atoms with van der Waals surface area (Å²) < 4.78 is 13.3. The molecule has 8 heteroatoms. The second-order valence-electron chi connectivity index (χ2n) is 5.58. The van der Waals surface area contributed by atoms with Crippen LogP contribution in [0, 0.1) is 15.9 Å². The van der Waals surface area contributed by atoms with Crippen LogP contribution in [0.5, 0.6) is 0 Å². The highest BCUT2D eigenvalue weighted by Gasteiger charge is 2.19. The lowest BCUT2D eigenvalue weighted by atomic mass is 10.1. The molecule has 2 atom stereocenters. The predicted molar refractivity (Wildman–Crippen MR) is 94.1 cm³/mol. The van der Waals surface area contributed by atoms with Crippen LogP contribution in [0.1, 0.15) is 25.5 Å². The topological polar surface area (TPSA) is 84.3 Å². The number of anilines is 1. The van der Waals surface area contributed by atoms with Gasteiger partial charge in [0.2, 0.25) is 11.7 Å². The third-order valence-electron chi connectivity index (χ3n) is 3.65. The van der Waals surface area contributed by atoms with E-state index in [-0.39, 0.29) is 11.7 Å². The van der Waals surface area contributed by atoms with Crippen molar-refractivity contribution in [2.75, 3.05) is 5.32 Å². The molecule has 0 heterocycles. The summed E-state index contributed by atoms with van der Waals surface area (Å²) in [7, 11) is 0. The van der Waals surface area contributed by atoms with Crippen LogP contribution < -0.4 is 10.6 Å². The number of nitro groups is 1. The van der Waals surface area contributed by atoms with E-state index in [4.69, 9.17) is 11.6 Å². The van der Waals surface area contributed by atoms with Crippen molar-refractivity contribution in [3.8, 4) is 0 Å². The van der Waals surface area contributed by atoms with Gasteiger partial charge in [0, 0.05) is 22.8 Å². The summed E-state index contributed by atoms with van der Waals surface area (Å²) in [5.41, 5.74) is 0.387. The Morgan fingerprint density at radius 1 is 1.24 bits per heavy atom. The van der Waals surface area contributed by atoms with Crippen molar-refractivity contribution >= 4 is 28.9 Å². The summed E-state index contributed by atoms with van der Waals surface area (Å²) in [5, 5.41) is 17.0. The van der Waals surface area contributed by atoms with E-state index in [2.05, 4.69) is 10.6 Å². The van der Waals surface area contributed by atoms with Gasteiger partial charge < -0.3 is 5.32 Å². The van der Waals surface area contributed by atoms with Crippen LogP contribution in [0.4, 0.5) is 15.8 Å². The van der Waals surface area contributed by atoms with Gasteiger partial charge in [-0.3, -0.25) is 20.2 Å². The summed E-state index contributed by atoms with van der Waals surface area (Å²) in [6, 6.07) is 9.74. The highest BCUT2D eigenvalue weighted by atomic mass is 35.5. The van der Waals surface area contributed by atoms with Crippen LogP contribution in [-0.4, -0.2) is 16.9 Å². The van der Waals surface area contributed by atoms with Gasteiger partial charge in [-0.25, -0.2) is 0 Å². The maximum absolute atomic E-state index is 13.3. The fourth-order valence-electron chi connectivity index (χ4n) is 2.30. The molecule has 0 aliphatic carbocycles. The number of nitrogens with zero attached hydrogens (tertiary/aromatic N) is 1. The molecule has 2 rings (SSSR count). The van der Waals surface area contributed by atoms with Crippen molar-refractivity contribution in [2.24, 2.45) is 0 Å². The van der Waals surface area contributed by atoms with Crippen LogP contribution in [-0.2, 0) is 4.79 Å². The number of carbonyl (C=O) groups is 1. The Balaban J connectivity index is 2.03. The van der Waals surface area contributed by atoms with E-state index in [0.717, 1.165) is 17.7 Å². The molecule has 0 radical (unpaired) electrons. The van der Waals surface area contributed by atoms with Gasteiger partial charge in [-0.2, -0.15) is 4.39 Å². The lowest BCUT2D eigenvalue weighted by Crippen LogP contribution is -2.39. The standard InChI is InChI=1S/C17H17ClFN3O3/c1-10(12-4-3-5-13(18)8-12)20-11(2)17(23)21-14-6-7-15(19)16(9-14)22(24)25/h3-11,20H,1-2H3,(H,21,23)/t10-,11-/m1/s1. The Morgan fingerprint density at radius 2 is 1.96 bits per heavy atom. The van der Waals surface area contributed by atoms with E-state index in [9.17, 15) is 19.3 Å². The van der Waals surface area contributed by atoms with Crippen LogP contribution in [0.15, 0.2) is 42.5 Å². The lowest BCUT2D eigenvalue weighted by Gasteiger charge is -2.20. The fourth-order valence-corrected chi connectivity index (χ4v) is 2.50. The minimum Gasteiger partial charge on any atom is -0.324 e. The second kappa shape index (κ2) is 8.04. The summed E-state index contributed by atoms with van der Waals surface area (Å²) in [6.07, 6.45) is 0. The van der Waals surface area contributed by atoms with E-state index in [0.29, 0.717) is 5.02 Å². The Bertz CT molecular complexity index is 800. The Morgan fingerprint density at radius 3 is 2.60 bits per heavy atom. The summed E-state index contributed by atoms with van der Waals surface area (Å²) in [6.45, 7) is 3.55. The number of carbonyl (C=O) groups excluding carboxylic acids is 1. The van der Waals surface area contributed by atoms with E-state index in [1.807, 2.05) is 19.1 Å². The Labute approximate surface area is 149 Å². The molecule has 132 valence electrons. The molecule has 6 nitrogen and oxygen atoms in total. The predicted octanol–water partition coefficient (Wildman–Crippen LogP) is 4.07. The number of benzene rings is 2. The molecule has 0 aromatic heterocycles. The summed E-state index contributed by atoms with van der Waals surface area (Å²) >= 11 is 5.96. The van der Waals surface area contributed by atoms with Crippen molar-refractivity contribution < 1.29 is 14.1 Å². The monoisotopic (exact) mass is 365 g/mol. The molecular weight excluding hydrogens is 349 g/mol. The van der Waals surface area contributed by atoms with Crippen LogP contribution in [0.2, 0.25) is 5.02 Å². The first-order chi connectivity index (χ1) is 11.8. The number of amides is 1. The average molecular weight is 366 g/mol. The number of halogens is 2. The molecule has 0 bridgehead atoms. The van der Waals surface area contributed by atoms with Gasteiger partial charge in [0.05, 0.1) is 11.0 Å². The summed E-state index contributed by atoms with van der Waals surface area (Å²) in [4.78, 5) is 22.2. The maximum atomic E-state index is 13.3. The van der Waals surface area contributed by atoms with E-state index in [1.54, 1.807) is 19.1 Å². The first-order valence-electron chi connectivity index (χ1n) is 7.54. The fraction of sp³-hybridized carbons (Fsp3) is 0.235. The normalized spacial score (nSPS) is 13.1. The van der Waals surface area contributed by atoms with Gasteiger partial charge in [-0.15, -0.1) is 0 Å². The van der Waals surface area contributed by atoms with Gasteiger partial charge in [0.15, 0.2) is 0 Å². The molecule has 0 aliphatic rings. The Kier molecular flexibility index (Phi) is 6.06. The highest BCUT2D eigenvalue weighted by molar-refractivity contribution is 6.30. The molecule has 0 spiro atoms. The molecule has 0 aliphatic heterocycles. The largest absolute Gasteiger partial charge is 0.324 e. The number of hydrogen-bond donors (Lipinski definition) is 2. The lowest BCUT2D eigenvalue weighted by molar-refractivity contribution is -0.387. The van der Waals surface area contributed by atoms with Crippen LogP contribution in [0.25, 0.3) is 0 Å². The SMILES string of the molecule is C[C@@H](N[C@H](C)c1cccc(Cl)c1)C(=O)Nc1ccc(F)c([N+](=O)[O-])c1. The third kappa shape index (κ3) is 4.98.